The molecule has 0 aliphatic carbocycles. The van der Waals surface area contributed by atoms with Crippen molar-refractivity contribution in [1.29, 1.82) is 0 Å². The predicted molar refractivity (Wildman–Crippen MR) is 47.4 cm³/mol. The fourth-order valence-electron chi connectivity index (χ4n) is 1.73. The van der Waals surface area contributed by atoms with Crippen molar-refractivity contribution in [1.82, 2.24) is 10.4 Å². The molecule has 3 heteroatoms. The lowest BCUT2D eigenvalue weighted by Crippen LogP contribution is -2.41. The minimum absolute atomic E-state index is 0.444. The van der Waals surface area contributed by atoms with Gasteiger partial charge in [-0.15, -0.1) is 0 Å². The van der Waals surface area contributed by atoms with E-state index in [1.807, 2.05) is 6.20 Å². The first-order valence-electron chi connectivity index (χ1n) is 4.67. The zero-order chi connectivity index (χ0) is 8.39. The Balaban J connectivity index is 1.79. The van der Waals surface area contributed by atoms with Gasteiger partial charge in [0.05, 0.1) is 6.10 Å². The molecule has 2 aliphatic heterocycles. The maximum atomic E-state index is 5.55. The molecular formula is C9H16N2O. The van der Waals surface area contributed by atoms with Crippen LogP contribution in [-0.2, 0) is 4.74 Å². The number of ether oxygens (including phenoxy) is 1. The highest BCUT2D eigenvalue weighted by Crippen LogP contribution is 2.15. The van der Waals surface area contributed by atoms with Gasteiger partial charge in [-0.25, -0.2) is 5.01 Å². The molecule has 0 aromatic rings. The van der Waals surface area contributed by atoms with E-state index in [1.165, 1.54) is 12.8 Å². The summed E-state index contributed by atoms with van der Waals surface area (Å²) >= 11 is 0. The smallest absolute Gasteiger partial charge is 0.0721 e. The molecule has 0 aromatic heterocycles. The van der Waals surface area contributed by atoms with Gasteiger partial charge in [-0.1, -0.05) is 0 Å². The maximum absolute atomic E-state index is 5.55. The van der Waals surface area contributed by atoms with Crippen LogP contribution in [0.15, 0.2) is 12.3 Å². The number of nitrogens with zero attached hydrogens (tertiary/aromatic N) is 1. The zero-order valence-electron chi connectivity index (χ0n) is 7.49. The van der Waals surface area contributed by atoms with Crippen LogP contribution in [0.4, 0.5) is 0 Å². The molecule has 2 aliphatic rings. The van der Waals surface area contributed by atoms with Crippen molar-refractivity contribution >= 4 is 0 Å². The Labute approximate surface area is 73.4 Å². The van der Waals surface area contributed by atoms with Crippen LogP contribution in [0.5, 0.6) is 0 Å². The highest BCUT2D eigenvalue weighted by Gasteiger charge is 2.22. The van der Waals surface area contributed by atoms with Crippen molar-refractivity contribution in [2.24, 2.45) is 0 Å². The Bertz CT molecular complexity index is 175. The van der Waals surface area contributed by atoms with Crippen molar-refractivity contribution in [3.8, 4) is 0 Å². The number of hydrazine groups is 1. The maximum Gasteiger partial charge on any atom is 0.0721 e. The van der Waals surface area contributed by atoms with Crippen LogP contribution in [0, 0.1) is 0 Å². The van der Waals surface area contributed by atoms with E-state index in [4.69, 9.17) is 4.74 Å². The molecule has 1 N–H and O–H groups in total. The molecule has 2 rings (SSSR count). The summed E-state index contributed by atoms with van der Waals surface area (Å²) in [4.78, 5) is 0. The van der Waals surface area contributed by atoms with Crippen LogP contribution in [0.25, 0.3) is 0 Å². The van der Waals surface area contributed by atoms with Crippen LogP contribution < -0.4 is 5.43 Å². The van der Waals surface area contributed by atoms with Crippen molar-refractivity contribution in [3.63, 3.8) is 0 Å². The van der Waals surface area contributed by atoms with Gasteiger partial charge < -0.3 is 10.2 Å². The van der Waals surface area contributed by atoms with E-state index in [-0.39, 0.29) is 0 Å². The fourth-order valence-corrected chi connectivity index (χ4v) is 1.73. The SMILES string of the molecule is CC1C=CNN1CC1CCCO1. The number of hydrogen-bond donors (Lipinski definition) is 1. The number of hydrogen-bond acceptors (Lipinski definition) is 3. The van der Waals surface area contributed by atoms with Crippen LogP contribution in [0.3, 0.4) is 0 Å². The molecule has 2 atom stereocenters. The van der Waals surface area contributed by atoms with E-state index < -0.39 is 0 Å². The van der Waals surface area contributed by atoms with Gasteiger partial charge in [-0.05, 0) is 25.8 Å². The van der Waals surface area contributed by atoms with Crippen molar-refractivity contribution in [3.05, 3.63) is 12.3 Å². The van der Waals surface area contributed by atoms with Crippen LogP contribution in [0.1, 0.15) is 19.8 Å². The minimum atomic E-state index is 0.444. The normalized spacial score (nSPS) is 35.8. The highest BCUT2D eigenvalue weighted by atomic mass is 16.5. The third-order valence-electron chi connectivity index (χ3n) is 2.53. The van der Waals surface area contributed by atoms with Gasteiger partial charge in [0.25, 0.3) is 0 Å². The molecular weight excluding hydrogens is 152 g/mol. The molecule has 68 valence electrons. The summed E-state index contributed by atoms with van der Waals surface area (Å²) in [6.45, 7) is 4.14. The molecule has 2 unspecified atom stereocenters. The van der Waals surface area contributed by atoms with E-state index in [2.05, 4.69) is 23.4 Å². The Morgan fingerprint density at radius 1 is 1.67 bits per heavy atom. The molecule has 0 amide bonds. The Kier molecular flexibility index (Phi) is 2.33. The lowest BCUT2D eigenvalue weighted by atomic mass is 10.2. The summed E-state index contributed by atoms with van der Waals surface area (Å²) in [6.07, 6.45) is 7.04. The lowest BCUT2D eigenvalue weighted by Gasteiger charge is -2.24. The molecule has 1 fully saturated rings. The molecule has 3 nitrogen and oxygen atoms in total. The largest absolute Gasteiger partial charge is 0.377 e. The Hall–Kier alpha value is -0.540. The van der Waals surface area contributed by atoms with E-state index in [0.29, 0.717) is 12.1 Å². The first-order chi connectivity index (χ1) is 5.86. The predicted octanol–water partition coefficient (Wildman–Crippen LogP) is 0.888. The van der Waals surface area contributed by atoms with Gasteiger partial charge in [0.15, 0.2) is 0 Å². The van der Waals surface area contributed by atoms with E-state index in [0.717, 1.165) is 13.2 Å². The summed E-state index contributed by atoms with van der Waals surface area (Å²) in [5.74, 6) is 0. The molecule has 2 heterocycles. The lowest BCUT2D eigenvalue weighted by molar-refractivity contribution is 0.0575. The van der Waals surface area contributed by atoms with Gasteiger partial charge >= 0.3 is 0 Å². The fraction of sp³-hybridized carbons (Fsp3) is 0.778. The molecule has 0 aromatic carbocycles. The summed E-state index contributed by atoms with van der Waals surface area (Å²) in [6, 6.07) is 0.509. The first-order valence-corrected chi connectivity index (χ1v) is 4.67. The van der Waals surface area contributed by atoms with Gasteiger partial charge in [0.1, 0.15) is 0 Å². The second-order valence-electron chi connectivity index (χ2n) is 3.52. The van der Waals surface area contributed by atoms with E-state index in [1.54, 1.807) is 0 Å². The summed E-state index contributed by atoms with van der Waals surface area (Å²) < 4.78 is 5.55. The summed E-state index contributed by atoms with van der Waals surface area (Å²) in [5.41, 5.74) is 3.21. The molecule has 0 bridgehead atoms. The van der Waals surface area contributed by atoms with Crippen LogP contribution >= 0.6 is 0 Å². The Morgan fingerprint density at radius 2 is 2.58 bits per heavy atom. The Morgan fingerprint density at radius 3 is 3.17 bits per heavy atom. The molecule has 0 spiro atoms. The average Bonchev–Trinajstić information content (AvgIpc) is 2.65. The molecule has 1 saturated heterocycles. The van der Waals surface area contributed by atoms with Crippen LogP contribution in [-0.4, -0.2) is 30.3 Å². The van der Waals surface area contributed by atoms with Crippen molar-refractivity contribution in [2.45, 2.75) is 31.9 Å². The van der Waals surface area contributed by atoms with Crippen molar-refractivity contribution in [2.75, 3.05) is 13.2 Å². The minimum Gasteiger partial charge on any atom is -0.377 e. The molecule has 0 radical (unpaired) electrons. The van der Waals surface area contributed by atoms with Crippen LogP contribution in [0.2, 0.25) is 0 Å². The zero-order valence-corrected chi connectivity index (χ0v) is 7.49. The second-order valence-corrected chi connectivity index (χ2v) is 3.52. The third-order valence-corrected chi connectivity index (χ3v) is 2.53. The van der Waals surface area contributed by atoms with Gasteiger partial charge in [-0.3, -0.25) is 0 Å². The summed E-state index contributed by atoms with van der Waals surface area (Å²) in [7, 11) is 0. The van der Waals surface area contributed by atoms with E-state index >= 15 is 0 Å². The third kappa shape index (κ3) is 1.62. The average molecular weight is 168 g/mol. The topological polar surface area (TPSA) is 24.5 Å². The standard InChI is InChI=1S/C9H16N2O/c1-8-4-5-10-11(8)7-9-3-2-6-12-9/h4-5,8-10H,2-3,6-7H2,1H3. The summed E-state index contributed by atoms with van der Waals surface area (Å²) in [5, 5.41) is 2.22. The molecule has 0 saturated carbocycles. The number of nitrogens with one attached hydrogen (secondary N) is 1. The second kappa shape index (κ2) is 3.46. The monoisotopic (exact) mass is 168 g/mol. The van der Waals surface area contributed by atoms with E-state index in [9.17, 15) is 0 Å². The quantitative estimate of drug-likeness (QED) is 0.662. The van der Waals surface area contributed by atoms with Crippen molar-refractivity contribution < 1.29 is 4.74 Å². The van der Waals surface area contributed by atoms with Gasteiger partial charge in [0.2, 0.25) is 0 Å². The molecule has 12 heavy (non-hydrogen) atoms. The number of rotatable bonds is 2. The first kappa shape index (κ1) is 8.08. The van der Waals surface area contributed by atoms with Gasteiger partial charge in [0, 0.05) is 25.4 Å². The highest BCUT2D eigenvalue weighted by molar-refractivity contribution is 4.96. The van der Waals surface area contributed by atoms with Gasteiger partial charge in [-0.2, -0.15) is 0 Å².